The molecule has 0 bridgehead atoms. The fourth-order valence-corrected chi connectivity index (χ4v) is 2.54. The highest BCUT2D eigenvalue weighted by atomic mass is 16.6. The Bertz CT molecular complexity index is 693. The molecule has 0 radical (unpaired) electrons. The predicted octanol–water partition coefficient (Wildman–Crippen LogP) is 2.81. The zero-order valence-electron chi connectivity index (χ0n) is 11.9. The minimum atomic E-state index is -1.53. The summed E-state index contributed by atoms with van der Waals surface area (Å²) in [6.07, 6.45) is 0. The SMILES string of the molecule is N#C[C@]1(C(=O)OCc2ccccc2)OC[C@@H]1c1ccccc1. The van der Waals surface area contributed by atoms with Crippen LogP contribution in [0.1, 0.15) is 17.0 Å². The van der Waals surface area contributed by atoms with Gasteiger partial charge in [-0.15, -0.1) is 0 Å². The molecule has 3 rings (SSSR count). The van der Waals surface area contributed by atoms with Gasteiger partial charge in [-0.1, -0.05) is 60.7 Å². The van der Waals surface area contributed by atoms with Crippen LogP contribution in [0, 0.1) is 11.3 Å². The second-order valence-corrected chi connectivity index (χ2v) is 5.18. The highest BCUT2D eigenvalue weighted by Gasteiger charge is 2.57. The van der Waals surface area contributed by atoms with Crippen LogP contribution in [-0.4, -0.2) is 18.2 Å². The number of carbonyl (C=O) groups is 1. The van der Waals surface area contributed by atoms with Gasteiger partial charge >= 0.3 is 5.97 Å². The molecule has 1 saturated heterocycles. The van der Waals surface area contributed by atoms with Crippen molar-refractivity contribution in [2.24, 2.45) is 0 Å². The summed E-state index contributed by atoms with van der Waals surface area (Å²) in [5.74, 6) is -0.916. The third kappa shape index (κ3) is 2.47. The first-order chi connectivity index (χ1) is 10.8. The first-order valence-corrected chi connectivity index (χ1v) is 7.07. The highest BCUT2D eigenvalue weighted by molar-refractivity contribution is 5.86. The third-order valence-electron chi connectivity index (χ3n) is 3.85. The van der Waals surface area contributed by atoms with E-state index in [1.807, 2.05) is 66.7 Å². The van der Waals surface area contributed by atoms with Gasteiger partial charge in [0.05, 0.1) is 12.5 Å². The van der Waals surface area contributed by atoms with Crippen LogP contribution in [0.4, 0.5) is 0 Å². The Kier molecular flexibility index (Phi) is 3.90. The van der Waals surface area contributed by atoms with Crippen molar-refractivity contribution < 1.29 is 14.3 Å². The van der Waals surface area contributed by atoms with Crippen molar-refractivity contribution in [1.82, 2.24) is 0 Å². The summed E-state index contributed by atoms with van der Waals surface area (Å²) in [5.41, 5.74) is 0.252. The van der Waals surface area contributed by atoms with E-state index in [1.165, 1.54) is 0 Å². The number of carbonyl (C=O) groups excluding carboxylic acids is 1. The van der Waals surface area contributed by atoms with E-state index in [0.29, 0.717) is 6.61 Å². The van der Waals surface area contributed by atoms with Crippen LogP contribution in [0.15, 0.2) is 60.7 Å². The van der Waals surface area contributed by atoms with E-state index in [2.05, 4.69) is 0 Å². The largest absolute Gasteiger partial charge is 0.458 e. The Morgan fingerprint density at radius 3 is 2.36 bits per heavy atom. The average Bonchev–Trinajstić information content (AvgIpc) is 2.55. The van der Waals surface area contributed by atoms with Crippen molar-refractivity contribution in [3.63, 3.8) is 0 Å². The number of ether oxygens (including phenoxy) is 2. The first-order valence-electron chi connectivity index (χ1n) is 7.07. The van der Waals surface area contributed by atoms with Gasteiger partial charge in [-0.05, 0) is 11.1 Å². The second kappa shape index (κ2) is 6.00. The van der Waals surface area contributed by atoms with Crippen molar-refractivity contribution in [2.45, 2.75) is 18.1 Å². The molecule has 2 aromatic carbocycles. The molecule has 0 aliphatic carbocycles. The van der Waals surface area contributed by atoms with Crippen molar-refractivity contribution in [2.75, 3.05) is 6.61 Å². The fourth-order valence-electron chi connectivity index (χ4n) is 2.54. The molecule has 0 aromatic heterocycles. The van der Waals surface area contributed by atoms with E-state index in [4.69, 9.17) is 9.47 Å². The van der Waals surface area contributed by atoms with Crippen LogP contribution >= 0.6 is 0 Å². The van der Waals surface area contributed by atoms with Crippen LogP contribution in [0.5, 0.6) is 0 Å². The molecule has 0 spiro atoms. The molecule has 1 aliphatic heterocycles. The van der Waals surface area contributed by atoms with E-state index in [9.17, 15) is 10.1 Å². The number of nitrogens with zero attached hydrogens (tertiary/aromatic N) is 1. The summed E-state index contributed by atoms with van der Waals surface area (Å²) in [5, 5.41) is 9.46. The van der Waals surface area contributed by atoms with Gasteiger partial charge in [0, 0.05) is 0 Å². The molecule has 22 heavy (non-hydrogen) atoms. The number of rotatable bonds is 4. The molecule has 1 aliphatic rings. The Balaban J connectivity index is 1.73. The van der Waals surface area contributed by atoms with Crippen molar-refractivity contribution in [1.29, 1.82) is 5.26 Å². The summed E-state index contributed by atoms with van der Waals surface area (Å²) >= 11 is 0. The van der Waals surface area contributed by atoms with Gasteiger partial charge in [0.25, 0.3) is 5.60 Å². The number of hydrogen-bond donors (Lipinski definition) is 0. The van der Waals surface area contributed by atoms with Gasteiger partial charge < -0.3 is 9.47 Å². The van der Waals surface area contributed by atoms with E-state index < -0.39 is 11.6 Å². The molecule has 0 amide bonds. The summed E-state index contributed by atoms with van der Waals surface area (Å²) in [7, 11) is 0. The lowest BCUT2D eigenvalue weighted by Gasteiger charge is -2.41. The summed E-state index contributed by atoms with van der Waals surface area (Å²) in [4.78, 5) is 12.4. The standard InChI is InChI=1S/C18H15NO3/c19-13-18(16(12-22-18)15-9-5-2-6-10-15)17(20)21-11-14-7-3-1-4-8-14/h1-10,16H,11-12H2/t16-,18+/m1/s1. The van der Waals surface area contributed by atoms with E-state index >= 15 is 0 Å². The van der Waals surface area contributed by atoms with Crippen LogP contribution < -0.4 is 0 Å². The van der Waals surface area contributed by atoms with Gasteiger partial charge in [-0.3, -0.25) is 0 Å². The zero-order valence-corrected chi connectivity index (χ0v) is 11.9. The predicted molar refractivity (Wildman–Crippen MR) is 79.7 cm³/mol. The minimum Gasteiger partial charge on any atom is -0.458 e. The molecule has 4 heteroatoms. The third-order valence-corrected chi connectivity index (χ3v) is 3.85. The molecule has 2 atom stereocenters. The van der Waals surface area contributed by atoms with E-state index in [0.717, 1.165) is 11.1 Å². The monoisotopic (exact) mass is 293 g/mol. The van der Waals surface area contributed by atoms with Crippen LogP contribution in [0.2, 0.25) is 0 Å². The Morgan fingerprint density at radius 1 is 1.18 bits per heavy atom. The van der Waals surface area contributed by atoms with Gasteiger partial charge in [0.1, 0.15) is 12.7 Å². The lowest BCUT2D eigenvalue weighted by atomic mass is 9.78. The second-order valence-electron chi connectivity index (χ2n) is 5.18. The summed E-state index contributed by atoms with van der Waals surface area (Å²) in [6.45, 7) is 0.478. The van der Waals surface area contributed by atoms with E-state index in [1.54, 1.807) is 0 Å². The number of benzene rings is 2. The molecule has 0 N–H and O–H groups in total. The molecule has 1 fully saturated rings. The van der Waals surface area contributed by atoms with Gasteiger partial charge in [-0.25, -0.2) is 4.79 Å². The lowest BCUT2D eigenvalue weighted by Crippen LogP contribution is -2.57. The van der Waals surface area contributed by atoms with Gasteiger partial charge in [0.15, 0.2) is 0 Å². The molecule has 0 unspecified atom stereocenters. The highest BCUT2D eigenvalue weighted by Crippen LogP contribution is 2.41. The topological polar surface area (TPSA) is 59.3 Å². The maximum atomic E-state index is 12.4. The average molecular weight is 293 g/mol. The molecular weight excluding hydrogens is 278 g/mol. The summed E-state index contributed by atoms with van der Waals surface area (Å²) in [6, 6.07) is 20.8. The Hall–Kier alpha value is -2.64. The summed E-state index contributed by atoms with van der Waals surface area (Å²) < 4.78 is 10.6. The quantitative estimate of drug-likeness (QED) is 0.813. The lowest BCUT2D eigenvalue weighted by molar-refractivity contribution is -0.194. The molecular formula is C18H15NO3. The first kappa shape index (κ1) is 14.3. The number of nitriles is 1. The smallest absolute Gasteiger partial charge is 0.354 e. The maximum absolute atomic E-state index is 12.4. The number of esters is 1. The van der Waals surface area contributed by atoms with Crippen LogP contribution in [-0.2, 0) is 20.9 Å². The van der Waals surface area contributed by atoms with Crippen LogP contribution in [0.25, 0.3) is 0 Å². The zero-order chi connectivity index (χ0) is 15.4. The molecule has 0 saturated carbocycles. The molecule has 110 valence electrons. The van der Waals surface area contributed by atoms with E-state index in [-0.39, 0.29) is 12.5 Å². The number of hydrogen-bond acceptors (Lipinski definition) is 4. The van der Waals surface area contributed by atoms with Crippen molar-refractivity contribution in [3.8, 4) is 6.07 Å². The van der Waals surface area contributed by atoms with Crippen molar-refractivity contribution in [3.05, 3.63) is 71.8 Å². The molecule has 1 heterocycles. The Morgan fingerprint density at radius 2 is 1.82 bits per heavy atom. The van der Waals surface area contributed by atoms with Gasteiger partial charge in [0.2, 0.25) is 0 Å². The van der Waals surface area contributed by atoms with Crippen LogP contribution in [0.3, 0.4) is 0 Å². The van der Waals surface area contributed by atoms with Gasteiger partial charge in [-0.2, -0.15) is 5.26 Å². The fraction of sp³-hybridized carbons (Fsp3) is 0.222. The molecule has 4 nitrogen and oxygen atoms in total. The Labute approximate surface area is 128 Å². The normalized spacial score (nSPS) is 23.1. The minimum absolute atomic E-state index is 0.133. The molecule has 2 aromatic rings. The van der Waals surface area contributed by atoms with Crippen molar-refractivity contribution >= 4 is 5.97 Å². The maximum Gasteiger partial charge on any atom is 0.354 e.